The standard InChI is InChI=1S/C26H31N3O5/c1-2-3-16-34-21-6-4-19(5-7-21)23-22(24(30)20-8-10-27-11-9-20)25(31)26(32)29(23)13-12-28-14-17-33-18-15-28/h4-11,23,30H,2-3,12-18H2,1H3/b24-22+. The number of ketones is 1. The summed E-state index contributed by atoms with van der Waals surface area (Å²) in [6.07, 6.45) is 5.10. The number of carbonyl (C=O) groups is 2. The van der Waals surface area contributed by atoms with Crippen LogP contribution >= 0.6 is 0 Å². The number of likely N-dealkylation sites (tertiary alicyclic amines) is 1. The van der Waals surface area contributed by atoms with Crippen molar-refractivity contribution >= 4 is 17.4 Å². The Kier molecular flexibility index (Phi) is 7.92. The summed E-state index contributed by atoms with van der Waals surface area (Å²) >= 11 is 0. The van der Waals surface area contributed by atoms with Crippen molar-refractivity contribution in [2.24, 2.45) is 0 Å². The second-order valence-corrected chi connectivity index (χ2v) is 8.45. The van der Waals surface area contributed by atoms with Crippen LogP contribution in [-0.4, -0.2) is 77.6 Å². The number of pyridine rings is 1. The largest absolute Gasteiger partial charge is 0.507 e. The van der Waals surface area contributed by atoms with Crippen LogP contribution in [0.2, 0.25) is 0 Å². The molecule has 0 bridgehead atoms. The van der Waals surface area contributed by atoms with Gasteiger partial charge in [0.2, 0.25) is 0 Å². The SMILES string of the molecule is CCCCOc1ccc(C2/C(=C(\O)c3ccncc3)C(=O)C(=O)N2CCN2CCOCC2)cc1. The molecular weight excluding hydrogens is 434 g/mol. The number of carbonyl (C=O) groups excluding carboxylic acids is 2. The van der Waals surface area contributed by atoms with Gasteiger partial charge in [0, 0.05) is 44.1 Å². The summed E-state index contributed by atoms with van der Waals surface area (Å²) in [5, 5.41) is 11.1. The maximum atomic E-state index is 13.1. The van der Waals surface area contributed by atoms with Crippen LogP contribution in [0.1, 0.15) is 36.9 Å². The van der Waals surface area contributed by atoms with Gasteiger partial charge in [-0.15, -0.1) is 0 Å². The van der Waals surface area contributed by atoms with Crippen molar-refractivity contribution in [1.29, 1.82) is 0 Å². The summed E-state index contributed by atoms with van der Waals surface area (Å²) in [5.41, 5.74) is 1.29. The van der Waals surface area contributed by atoms with Crippen LogP contribution in [0.4, 0.5) is 0 Å². The number of aliphatic hydroxyl groups excluding tert-OH is 1. The molecule has 0 aliphatic carbocycles. The number of aromatic nitrogens is 1. The van der Waals surface area contributed by atoms with Crippen LogP contribution in [0.25, 0.3) is 5.76 Å². The second-order valence-electron chi connectivity index (χ2n) is 8.45. The molecular formula is C26H31N3O5. The molecule has 2 saturated heterocycles. The minimum Gasteiger partial charge on any atom is -0.507 e. The second kappa shape index (κ2) is 11.3. The van der Waals surface area contributed by atoms with E-state index in [2.05, 4.69) is 16.8 Å². The number of aliphatic hydroxyl groups is 1. The van der Waals surface area contributed by atoms with Gasteiger partial charge in [0.1, 0.15) is 11.5 Å². The minimum absolute atomic E-state index is 0.0952. The Bertz CT molecular complexity index is 1020. The molecule has 1 atom stereocenters. The third-order valence-electron chi connectivity index (χ3n) is 6.22. The predicted octanol–water partition coefficient (Wildman–Crippen LogP) is 3.01. The molecule has 0 radical (unpaired) electrons. The van der Waals surface area contributed by atoms with Gasteiger partial charge in [-0.2, -0.15) is 0 Å². The number of morpholine rings is 1. The van der Waals surface area contributed by atoms with Gasteiger partial charge >= 0.3 is 0 Å². The van der Waals surface area contributed by atoms with E-state index < -0.39 is 17.7 Å². The van der Waals surface area contributed by atoms with Crippen molar-refractivity contribution in [3.05, 3.63) is 65.5 Å². The normalized spacial score (nSPS) is 20.6. The van der Waals surface area contributed by atoms with E-state index in [0.717, 1.165) is 37.2 Å². The first kappa shape index (κ1) is 23.9. The fraction of sp³-hybridized carbons (Fsp3) is 0.423. The fourth-order valence-corrected chi connectivity index (χ4v) is 4.28. The molecule has 2 fully saturated rings. The quantitative estimate of drug-likeness (QED) is 0.263. The van der Waals surface area contributed by atoms with Crippen molar-refractivity contribution in [2.75, 3.05) is 46.0 Å². The minimum atomic E-state index is -0.682. The average molecular weight is 466 g/mol. The summed E-state index contributed by atoms with van der Waals surface area (Å²) in [6.45, 7) is 6.63. The first-order chi connectivity index (χ1) is 16.6. The van der Waals surface area contributed by atoms with E-state index in [0.29, 0.717) is 38.5 Å². The Labute approximate surface area is 199 Å². The zero-order valence-electron chi connectivity index (χ0n) is 19.5. The van der Waals surface area contributed by atoms with Crippen LogP contribution in [0.3, 0.4) is 0 Å². The Hall–Kier alpha value is -3.23. The number of hydrogen-bond donors (Lipinski definition) is 1. The van der Waals surface area contributed by atoms with E-state index in [1.165, 1.54) is 0 Å². The van der Waals surface area contributed by atoms with Gasteiger partial charge in [0.05, 0.1) is 31.4 Å². The summed E-state index contributed by atoms with van der Waals surface area (Å²) in [4.78, 5) is 34.0. The Morgan fingerprint density at radius 2 is 1.79 bits per heavy atom. The maximum Gasteiger partial charge on any atom is 0.295 e. The number of hydrogen-bond acceptors (Lipinski definition) is 7. The molecule has 1 amide bonds. The Morgan fingerprint density at radius 1 is 1.09 bits per heavy atom. The van der Waals surface area contributed by atoms with Gasteiger partial charge in [0.25, 0.3) is 11.7 Å². The van der Waals surface area contributed by atoms with Gasteiger partial charge < -0.3 is 19.5 Å². The number of benzene rings is 1. The number of nitrogens with zero attached hydrogens (tertiary/aromatic N) is 3. The third-order valence-corrected chi connectivity index (χ3v) is 6.22. The molecule has 1 aromatic heterocycles. The smallest absolute Gasteiger partial charge is 0.295 e. The van der Waals surface area contributed by atoms with Crippen molar-refractivity contribution in [2.45, 2.75) is 25.8 Å². The molecule has 0 spiro atoms. The van der Waals surface area contributed by atoms with E-state index in [1.54, 1.807) is 29.4 Å². The van der Waals surface area contributed by atoms with E-state index in [4.69, 9.17) is 9.47 Å². The molecule has 2 aliphatic rings. The fourth-order valence-electron chi connectivity index (χ4n) is 4.28. The number of Topliss-reactive ketones (excluding diaryl/α,β-unsaturated/α-hetero) is 1. The van der Waals surface area contributed by atoms with Crippen LogP contribution in [0.15, 0.2) is 54.4 Å². The Balaban J connectivity index is 1.66. The topological polar surface area (TPSA) is 92.2 Å². The Morgan fingerprint density at radius 3 is 2.47 bits per heavy atom. The molecule has 180 valence electrons. The van der Waals surface area contributed by atoms with Crippen molar-refractivity contribution < 1.29 is 24.2 Å². The summed E-state index contributed by atoms with van der Waals surface area (Å²) in [5.74, 6) is -0.735. The lowest BCUT2D eigenvalue weighted by atomic mass is 9.95. The highest BCUT2D eigenvalue weighted by atomic mass is 16.5. The van der Waals surface area contributed by atoms with Gasteiger partial charge in [-0.05, 0) is 36.2 Å². The van der Waals surface area contributed by atoms with Gasteiger partial charge in [-0.3, -0.25) is 19.5 Å². The van der Waals surface area contributed by atoms with Crippen molar-refractivity contribution in [1.82, 2.24) is 14.8 Å². The molecule has 8 nitrogen and oxygen atoms in total. The number of unbranched alkanes of at least 4 members (excludes halogenated alkanes) is 1. The van der Waals surface area contributed by atoms with Crippen molar-refractivity contribution in [3.63, 3.8) is 0 Å². The van der Waals surface area contributed by atoms with E-state index in [-0.39, 0.29) is 11.3 Å². The molecule has 1 unspecified atom stereocenters. The molecule has 0 saturated carbocycles. The lowest BCUT2D eigenvalue weighted by molar-refractivity contribution is -0.140. The molecule has 1 aromatic carbocycles. The van der Waals surface area contributed by atoms with E-state index in [9.17, 15) is 14.7 Å². The average Bonchev–Trinajstić information content (AvgIpc) is 3.13. The molecule has 8 heteroatoms. The zero-order chi connectivity index (χ0) is 23.9. The van der Waals surface area contributed by atoms with Crippen LogP contribution in [0.5, 0.6) is 5.75 Å². The zero-order valence-corrected chi connectivity index (χ0v) is 19.5. The summed E-state index contributed by atoms with van der Waals surface area (Å²) < 4.78 is 11.2. The molecule has 4 rings (SSSR count). The lowest BCUT2D eigenvalue weighted by Gasteiger charge is -2.31. The highest BCUT2D eigenvalue weighted by Crippen LogP contribution is 2.39. The monoisotopic (exact) mass is 465 g/mol. The lowest BCUT2D eigenvalue weighted by Crippen LogP contribution is -2.42. The highest BCUT2D eigenvalue weighted by molar-refractivity contribution is 6.46. The predicted molar refractivity (Wildman–Crippen MR) is 127 cm³/mol. The van der Waals surface area contributed by atoms with Crippen molar-refractivity contribution in [3.8, 4) is 5.75 Å². The number of amides is 1. The first-order valence-electron chi connectivity index (χ1n) is 11.8. The van der Waals surface area contributed by atoms with E-state index in [1.807, 2.05) is 24.3 Å². The number of ether oxygens (including phenoxy) is 2. The molecule has 1 N–H and O–H groups in total. The van der Waals surface area contributed by atoms with E-state index >= 15 is 0 Å². The molecule has 2 aromatic rings. The maximum absolute atomic E-state index is 13.1. The highest BCUT2D eigenvalue weighted by Gasteiger charge is 2.46. The molecule has 34 heavy (non-hydrogen) atoms. The van der Waals surface area contributed by atoms with Gasteiger partial charge in [-0.25, -0.2) is 0 Å². The summed E-state index contributed by atoms with van der Waals surface area (Å²) in [6, 6.07) is 9.98. The van der Waals surface area contributed by atoms with Crippen LogP contribution in [-0.2, 0) is 14.3 Å². The number of rotatable bonds is 9. The van der Waals surface area contributed by atoms with Crippen LogP contribution in [0, 0.1) is 0 Å². The van der Waals surface area contributed by atoms with Crippen LogP contribution < -0.4 is 4.74 Å². The first-order valence-corrected chi connectivity index (χ1v) is 11.8. The summed E-state index contributed by atoms with van der Waals surface area (Å²) in [7, 11) is 0. The molecule has 3 heterocycles. The van der Waals surface area contributed by atoms with Gasteiger partial charge in [0.15, 0.2) is 0 Å². The third kappa shape index (κ3) is 5.29. The molecule has 2 aliphatic heterocycles. The van der Waals surface area contributed by atoms with Gasteiger partial charge in [-0.1, -0.05) is 25.5 Å².